The lowest BCUT2D eigenvalue weighted by Crippen LogP contribution is -2.36. The first-order chi connectivity index (χ1) is 12.0. The third-order valence-electron chi connectivity index (χ3n) is 3.99. The molecule has 0 spiro atoms. The van der Waals surface area contributed by atoms with Crippen LogP contribution in [0.25, 0.3) is 0 Å². The average molecular weight is 343 g/mol. The lowest BCUT2D eigenvalue weighted by molar-refractivity contribution is 0.0689. The normalized spacial score (nSPS) is 10.5. The summed E-state index contributed by atoms with van der Waals surface area (Å²) in [6, 6.07) is 13.3. The number of rotatable bonds is 7. The summed E-state index contributed by atoms with van der Waals surface area (Å²) in [6.45, 7) is 4.53. The van der Waals surface area contributed by atoms with Gasteiger partial charge in [-0.25, -0.2) is 0 Å². The number of carbonyl (C=O) groups is 1. The van der Waals surface area contributed by atoms with Crippen molar-refractivity contribution in [1.82, 2.24) is 4.90 Å². The first kappa shape index (κ1) is 18.6. The summed E-state index contributed by atoms with van der Waals surface area (Å²) in [5, 5.41) is 0. The van der Waals surface area contributed by atoms with Gasteiger partial charge >= 0.3 is 0 Å². The number of ether oxygens (including phenoxy) is 3. The maximum Gasteiger partial charge on any atom is 0.254 e. The Labute approximate surface area is 149 Å². The Morgan fingerprint density at radius 1 is 0.960 bits per heavy atom. The predicted molar refractivity (Wildman–Crippen MR) is 97.5 cm³/mol. The Kier molecular flexibility index (Phi) is 6.28. The Hall–Kier alpha value is -2.69. The number of hydrogen-bond acceptors (Lipinski definition) is 4. The molecule has 0 radical (unpaired) electrons. The van der Waals surface area contributed by atoms with Crippen LogP contribution in [-0.4, -0.2) is 38.2 Å². The number of methoxy groups -OCH3 is 3. The van der Waals surface area contributed by atoms with Gasteiger partial charge in [-0.05, 0) is 31.5 Å². The average Bonchev–Trinajstić information content (AvgIpc) is 2.64. The van der Waals surface area contributed by atoms with E-state index in [4.69, 9.17) is 14.2 Å². The van der Waals surface area contributed by atoms with E-state index in [0.717, 1.165) is 5.56 Å². The molecule has 5 heteroatoms. The number of benzene rings is 2. The molecule has 2 aromatic carbocycles. The molecule has 0 aliphatic rings. The number of carbonyl (C=O) groups excluding carboxylic acids is 1. The van der Waals surface area contributed by atoms with Gasteiger partial charge in [0.2, 0.25) is 5.75 Å². The molecule has 5 nitrogen and oxygen atoms in total. The highest BCUT2D eigenvalue weighted by atomic mass is 16.5. The van der Waals surface area contributed by atoms with Crippen molar-refractivity contribution in [1.29, 1.82) is 0 Å². The summed E-state index contributed by atoms with van der Waals surface area (Å²) < 4.78 is 16.0. The fraction of sp³-hybridized carbons (Fsp3) is 0.350. The molecule has 2 aromatic rings. The van der Waals surface area contributed by atoms with Gasteiger partial charge in [0.15, 0.2) is 11.5 Å². The van der Waals surface area contributed by atoms with Gasteiger partial charge in [0.1, 0.15) is 0 Å². The summed E-state index contributed by atoms with van der Waals surface area (Å²) in [6.07, 6.45) is 0. The van der Waals surface area contributed by atoms with E-state index in [1.807, 2.05) is 49.1 Å². The molecule has 0 unspecified atom stereocenters. The molecule has 25 heavy (non-hydrogen) atoms. The van der Waals surface area contributed by atoms with Crippen LogP contribution >= 0.6 is 0 Å². The van der Waals surface area contributed by atoms with Crippen molar-refractivity contribution in [2.75, 3.05) is 21.3 Å². The Morgan fingerprint density at radius 2 is 1.52 bits per heavy atom. The van der Waals surface area contributed by atoms with Gasteiger partial charge in [-0.3, -0.25) is 4.79 Å². The van der Waals surface area contributed by atoms with Crippen LogP contribution in [0.3, 0.4) is 0 Å². The van der Waals surface area contributed by atoms with Crippen molar-refractivity contribution >= 4 is 5.91 Å². The van der Waals surface area contributed by atoms with E-state index in [-0.39, 0.29) is 11.9 Å². The molecule has 0 aliphatic carbocycles. The molecule has 134 valence electrons. The van der Waals surface area contributed by atoms with Crippen molar-refractivity contribution in [3.05, 3.63) is 53.6 Å². The van der Waals surface area contributed by atoms with Gasteiger partial charge < -0.3 is 19.1 Å². The van der Waals surface area contributed by atoms with Crippen molar-refractivity contribution in [2.24, 2.45) is 0 Å². The summed E-state index contributed by atoms with van der Waals surface area (Å²) in [7, 11) is 4.61. The van der Waals surface area contributed by atoms with Crippen LogP contribution in [0.5, 0.6) is 17.2 Å². The summed E-state index contributed by atoms with van der Waals surface area (Å²) in [5.74, 6) is 1.32. The van der Waals surface area contributed by atoms with Crippen molar-refractivity contribution in [3.8, 4) is 17.2 Å². The summed E-state index contributed by atoms with van der Waals surface area (Å²) >= 11 is 0. The largest absolute Gasteiger partial charge is 0.493 e. The standard InChI is InChI=1S/C20H25NO4/c1-14(2)21(13-15-9-7-6-8-10-15)20(22)16-11-17(23-3)19(25-5)18(12-16)24-4/h6-12,14H,13H2,1-5H3. The van der Waals surface area contributed by atoms with Crippen LogP contribution < -0.4 is 14.2 Å². The molecule has 0 saturated heterocycles. The summed E-state index contributed by atoms with van der Waals surface area (Å²) in [4.78, 5) is 14.9. The van der Waals surface area contributed by atoms with Crippen molar-refractivity contribution < 1.29 is 19.0 Å². The molecule has 2 rings (SSSR count). The highest BCUT2D eigenvalue weighted by Crippen LogP contribution is 2.38. The fourth-order valence-corrected chi connectivity index (χ4v) is 2.64. The molecule has 0 bridgehead atoms. The number of nitrogens with zero attached hydrogens (tertiary/aromatic N) is 1. The third kappa shape index (κ3) is 4.24. The van der Waals surface area contributed by atoms with Crippen molar-refractivity contribution in [2.45, 2.75) is 26.4 Å². The molecule has 0 heterocycles. The third-order valence-corrected chi connectivity index (χ3v) is 3.99. The first-order valence-corrected chi connectivity index (χ1v) is 8.16. The Bertz CT molecular complexity index is 688. The topological polar surface area (TPSA) is 48.0 Å². The zero-order chi connectivity index (χ0) is 18.4. The molecule has 0 saturated carbocycles. The second-order valence-corrected chi connectivity index (χ2v) is 5.93. The van der Waals surface area contributed by atoms with Gasteiger partial charge in [0.05, 0.1) is 21.3 Å². The number of amides is 1. The van der Waals surface area contributed by atoms with Gasteiger partial charge in [-0.1, -0.05) is 30.3 Å². The monoisotopic (exact) mass is 343 g/mol. The predicted octanol–water partition coefficient (Wildman–Crippen LogP) is 3.76. The van der Waals surface area contributed by atoms with Gasteiger partial charge in [0, 0.05) is 18.2 Å². The molecule has 0 atom stereocenters. The molecule has 0 fully saturated rings. The van der Waals surface area contributed by atoms with E-state index in [9.17, 15) is 4.79 Å². The van der Waals surface area contributed by atoms with E-state index in [2.05, 4.69) is 0 Å². The molecule has 0 N–H and O–H groups in total. The van der Waals surface area contributed by atoms with Gasteiger partial charge in [0.25, 0.3) is 5.91 Å². The molecular formula is C20H25NO4. The van der Waals surface area contributed by atoms with E-state index < -0.39 is 0 Å². The molecule has 1 amide bonds. The lowest BCUT2D eigenvalue weighted by Gasteiger charge is -2.27. The van der Waals surface area contributed by atoms with E-state index in [1.165, 1.54) is 21.3 Å². The highest BCUT2D eigenvalue weighted by Gasteiger charge is 2.23. The quantitative estimate of drug-likeness (QED) is 0.768. The molecule has 0 aromatic heterocycles. The lowest BCUT2D eigenvalue weighted by atomic mass is 10.1. The van der Waals surface area contributed by atoms with Gasteiger partial charge in [-0.2, -0.15) is 0 Å². The van der Waals surface area contributed by atoms with E-state index in [1.54, 1.807) is 12.1 Å². The van der Waals surface area contributed by atoms with Crippen LogP contribution in [0, 0.1) is 0 Å². The van der Waals surface area contributed by atoms with Crippen LogP contribution in [0.1, 0.15) is 29.8 Å². The van der Waals surface area contributed by atoms with Crippen LogP contribution in [0.15, 0.2) is 42.5 Å². The van der Waals surface area contributed by atoms with E-state index in [0.29, 0.717) is 29.4 Å². The second-order valence-electron chi connectivity index (χ2n) is 5.93. The highest BCUT2D eigenvalue weighted by molar-refractivity contribution is 5.95. The minimum atomic E-state index is -0.0851. The minimum absolute atomic E-state index is 0.0480. The number of hydrogen-bond donors (Lipinski definition) is 0. The van der Waals surface area contributed by atoms with Crippen LogP contribution in [0.2, 0.25) is 0 Å². The SMILES string of the molecule is COc1cc(C(=O)N(Cc2ccccc2)C(C)C)cc(OC)c1OC. The summed E-state index contributed by atoms with van der Waals surface area (Å²) in [5.41, 5.74) is 1.58. The van der Waals surface area contributed by atoms with Crippen molar-refractivity contribution in [3.63, 3.8) is 0 Å². The maximum atomic E-state index is 13.1. The minimum Gasteiger partial charge on any atom is -0.493 e. The van der Waals surface area contributed by atoms with Gasteiger partial charge in [-0.15, -0.1) is 0 Å². The molecular weight excluding hydrogens is 318 g/mol. The zero-order valence-corrected chi connectivity index (χ0v) is 15.4. The first-order valence-electron chi connectivity index (χ1n) is 8.16. The maximum absolute atomic E-state index is 13.1. The fourth-order valence-electron chi connectivity index (χ4n) is 2.64. The van der Waals surface area contributed by atoms with Crippen LogP contribution in [-0.2, 0) is 6.54 Å². The zero-order valence-electron chi connectivity index (χ0n) is 15.4. The second kappa shape index (κ2) is 8.42. The van der Waals surface area contributed by atoms with E-state index >= 15 is 0 Å². The smallest absolute Gasteiger partial charge is 0.254 e. The molecule has 0 aliphatic heterocycles. The Morgan fingerprint density at radius 3 is 1.96 bits per heavy atom. The Balaban J connectivity index is 2.39. The van der Waals surface area contributed by atoms with Crippen LogP contribution in [0.4, 0.5) is 0 Å².